The van der Waals surface area contributed by atoms with Gasteiger partial charge in [0.15, 0.2) is 0 Å². The van der Waals surface area contributed by atoms with Crippen LogP contribution in [0, 0.1) is 0 Å². The standard InChI is InChI=1S/C23H27N3O3/c1-17(27)24-21(16-18-8-4-2-5-9-18)22(28)25-20-12-14-26(15-13-20)23(29)19-10-6-3-7-11-19/h2-11,20-21H,12-16H2,1H3,(H,24,27)(H,25,28)/t21-/m0/s1. The molecule has 2 aromatic rings. The van der Waals surface area contributed by atoms with E-state index >= 15 is 0 Å². The van der Waals surface area contributed by atoms with Gasteiger partial charge in [-0.15, -0.1) is 0 Å². The first kappa shape index (κ1) is 20.6. The molecular weight excluding hydrogens is 366 g/mol. The second-order valence-electron chi connectivity index (χ2n) is 7.38. The Morgan fingerprint density at radius 1 is 0.966 bits per heavy atom. The van der Waals surface area contributed by atoms with Crippen LogP contribution >= 0.6 is 0 Å². The van der Waals surface area contributed by atoms with Crippen molar-refractivity contribution in [2.45, 2.75) is 38.3 Å². The molecule has 2 N–H and O–H groups in total. The first-order valence-electron chi connectivity index (χ1n) is 9.98. The van der Waals surface area contributed by atoms with Crippen LogP contribution in [0.3, 0.4) is 0 Å². The van der Waals surface area contributed by atoms with Crippen molar-refractivity contribution in [2.24, 2.45) is 0 Å². The van der Waals surface area contributed by atoms with Gasteiger partial charge in [0.2, 0.25) is 11.8 Å². The van der Waals surface area contributed by atoms with Gasteiger partial charge < -0.3 is 15.5 Å². The topological polar surface area (TPSA) is 78.5 Å². The second-order valence-corrected chi connectivity index (χ2v) is 7.38. The zero-order valence-corrected chi connectivity index (χ0v) is 16.6. The summed E-state index contributed by atoms with van der Waals surface area (Å²) >= 11 is 0. The zero-order chi connectivity index (χ0) is 20.6. The Hall–Kier alpha value is -3.15. The molecule has 1 fully saturated rings. The molecule has 1 aliphatic heterocycles. The lowest BCUT2D eigenvalue weighted by atomic mass is 10.0. The third kappa shape index (κ3) is 5.91. The number of benzene rings is 2. The fourth-order valence-electron chi connectivity index (χ4n) is 3.60. The molecule has 0 unspecified atom stereocenters. The summed E-state index contributed by atoms with van der Waals surface area (Å²) in [6, 6.07) is 18.2. The third-order valence-corrected chi connectivity index (χ3v) is 5.13. The monoisotopic (exact) mass is 393 g/mol. The van der Waals surface area contributed by atoms with Gasteiger partial charge in [0.1, 0.15) is 6.04 Å². The lowest BCUT2D eigenvalue weighted by Gasteiger charge is -2.33. The number of nitrogens with zero attached hydrogens (tertiary/aromatic N) is 1. The van der Waals surface area contributed by atoms with Gasteiger partial charge in [-0.25, -0.2) is 0 Å². The number of hydrogen-bond donors (Lipinski definition) is 2. The summed E-state index contributed by atoms with van der Waals surface area (Å²) in [6.07, 6.45) is 1.84. The molecule has 2 aromatic carbocycles. The van der Waals surface area contributed by atoms with Crippen LogP contribution in [-0.2, 0) is 16.0 Å². The molecule has 0 aliphatic carbocycles. The van der Waals surface area contributed by atoms with Crippen LogP contribution in [-0.4, -0.2) is 47.8 Å². The predicted octanol–water partition coefficient (Wildman–Crippen LogP) is 2.15. The molecule has 0 spiro atoms. The number of hydrogen-bond acceptors (Lipinski definition) is 3. The quantitative estimate of drug-likeness (QED) is 0.789. The van der Waals surface area contributed by atoms with Crippen molar-refractivity contribution in [1.82, 2.24) is 15.5 Å². The number of amides is 3. The molecule has 29 heavy (non-hydrogen) atoms. The molecule has 0 radical (unpaired) electrons. The summed E-state index contributed by atoms with van der Waals surface area (Å²) in [6.45, 7) is 2.61. The Labute approximate surface area is 171 Å². The highest BCUT2D eigenvalue weighted by Gasteiger charge is 2.27. The maximum atomic E-state index is 12.8. The molecule has 3 rings (SSSR count). The van der Waals surface area contributed by atoms with E-state index in [1.165, 1.54) is 6.92 Å². The minimum Gasteiger partial charge on any atom is -0.351 e. The Morgan fingerprint density at radius 2 is 1.55 bits per heavy atom. The number of carbonyl (C=O) groups is 3. The van der Waals surface area contributed by atoms with E-state index in [1.807, 2.05) is 65.6 Å². The Kier molecular flexibility index (Phi) is 7.00. The Balaban J connectivity index is 1.54. The van der Waals surface area contributed by atoms with E-state index in [4.69, 9.17) is 0 Å². The molecule has 1 atom stereocenters. The molecule has 0 saturated carbocycles. The minimum absolute atomic E-state index is 0.00523. The fraction of sp³-hybridized carbons (Fsp3) is 0.348. The van der Waals surface area contributed by atoms with Crippen LogP contribution in [0.4, 0.5) is 0 Å². The van der Waals surface area contributed by atoms with Gasteiger partial charge in [-0.1, -0.05) is 48.5 Å². The zero-order valence-electron chi connectivity index (χ0n) is 16.6. The highest BCUT2D eigenvalue weighted by Crippen LogP contribution is 2.14. The summed E-state index contributed by atoms with van der Waals surface area (Å²) in [4.78, 5) is 38.7. The smallest absolute Gasteiger partial charge is 0.253 e. The van der Waals surface area contributed by atoms with Gasteiger partial charge in [0.05, 0.1) is 0 Å². The van der Waals surface area contributed by atoms with Crippen LogP contribution in [0.15, 0.2) is 60.7 Å². The summed E-state index contributed by atoms with van der Waals surface area (Å²) in [5.41, 5.74) is 1.67. The molecule has 0 bridgehead atoms. The van der Waals surface area contributed by atoms with Gasteiger partial charge in [-0.05, 0) is 30.5 Å². The normalized spacial score (nSPS) is 15.4. The maximum Gasteiger partial charge on any atom is 0.253 e. The van der Waals surface area contributed by atoms with Gasteiger partial charge in [-0.3, -0.25) is 14.4 Å². The predicted molar refractivity (Wildman–Crippen MR) is 111 cm³/mol. The molecular formula is C23H27N3O3. The average molecular weight is 393 g/mol. The summed E-state index contributed by atoms with van der Waals surface area (Å²) in [5.74, 6) is -0.392. The molecule has 6 nitrogen and oxygen atoms in total. The number of piperidine rings is 1. The number of nitrogens with one attached hydrogen (secondary N) is 2. The minimum atomic E-state index is -0.612. The molecule has 1 aliphatic rings. The molecule has 152 valence electrons. The maximum absolute atomic E-state index is 12.8. The number of rotatable bonds is 6. The summed E-state index contributed by atoms with van der Waals surface area (Å²) in [5, 5.41) is 5.80. The average Bonchev–Trinajstić information content (AvgIpc) is 2.74. The van der Waals surface area contributed by atoms with E-state index < -0.39 is 6.04 Å². The van der Waals surface area contributed by atoms with Crippen LogP contribution in [0.25, 0.3) is 0 Å². The van der Waals surface area contributed by atoms with E-state index in [9.17, 15) is 14.4 Å². The van der Waals surface area contributed by atoms with Crippen LogP contribution in [0.5, 0.6) is 0 Å². The van der Waals surface area contributed by atoms with E-state index in [0.717, 1.165) is 5.56 Å². The van der Waals surface area contributed by atoms with E-state index in [2.05, 4.69) is 10.6 Å². The van der Waals surface area contributed by atoms with E-state index in [-0.39, 0.29) is 23.8 Å². The fourth-order valence-corrected chi connectivity index (χ4v) is 3.60. The molecule has 3 amide bonds. The third-order valence-electron chi connectivity index (χ3n) is 5.13. The molecule has 6 heteroatoms. The van der Waals surface area contributed by atoms with Crippen LogP contribution in [0.1, 0.15) is 35.7 Å². The highest BCUT2D eigenvalue weighted by molar-refractivity contribution is 5.94. The molecule has 1 heterocycles. The summed E-state index contributed by atoms with van der Waals surface area (Å²) in [7, 11) is 0. The lowest BCUT2D eigenvalue weighted by molar-refractivity contribution is -0.128. The van der Waals surface area contributed by atoms with Crippen LogP contribution in [0.2, 0.25) is 0 Å². The van der Waals surface area contributed by atoms with Crippen molar-refractivity contribution in [1.29, 1.82) is 0 Å². The molecule has 0 aromatic heterocycles. The Morgan fingerprint density at radius 3 is 2.14 bits per heavy atom. The second kappa shape index (κ2) is 9.87. The SMILES string of the molecule is CC(=O)N[C@@H](Cc1ccccc1)C(=O)NC1CCN(C(=O)c2ccccc2)CC1. The van der Waals surface area contributed by atoms with Crippen molar-refractivity contribution in [3.8, 4) is 0 Å². The largest absolute Gasteiger partial charge is 0.351 e. The lowest BCUT2D eigenvalue weighted by Crippen LogP contribution is -2.53. The molecule has 1 saturated heterocycles. The van der Waals surface area contributed by atoms with Gasteiger partial charge in [0.25, 0.3) is 5.91 Å². The van der Waals surface area contributed by atoms with Crippen LogP contribution < -0.4 is 10.6 Å². The van der Waals surface area contributed by atoms with E-state index in [0.29, 0.717) is 37.9 Å². The van der Waals surface area contributed by atoms with Crippen molar-refractivity contribution in [3.05, 3.63) is 71.8 Å². The van der Waals surface area contributed by atoms with Crippen molar-refractivity contribution in [2.75, 3.05) is 13.1 Å². The Bertz CT molecular complexity index is 831. The van der Waals surface area contributed by atoms with E-state index in [1.54, 1.807) is 0 Å². The summed E-state index contributed by atoms with van der Waals surface area (Å²) < 4.78 is 0. The number of likely N-dealkylation sites (tertiary alicyclic amines) is 1. The van der Waals surface area contributed by atoms with Gasteiger partial charge in [-0.2, -0.15) is 0 Å². The van der Waals surface area contributed by atoms with Crippen molar-refractivity contribution < 1.29 is 14.4 Å². The van der Waals surface area contributed by atoms with Crippen molar-refractivity contribution >= 4 is 17.7 Å². The first-order chi connectivity index (χ1) is 14.0. The van der Waals surface area contributed by atoms with Gasteiger partial charge >= 0.3 is 0 Å². The van der Waals surface area contributed by atoms with Crippen molar-refractivity contribution in [3.63, 3.8) is 0 Å². The number of carbonyl (C=O) groups excluding carboxylic acids is 3. The first-order valence-corrected chi connectivity index (χ1v) is 9.98. The van der Waals surface area contributed by atoms with Gasteiger partial charge in [0, 0.05) is 38.0 Å². The highest BCUT2D eigenvalue weighted by atomic mass is 16.2.